The molecule has 0 aromatic heterocycles. The number of aryl methyl sites for hydroxylation is 1. The molecule has 0 spiro atoms. The van der Waals surface area contributed by atoms with E-state index in [4.69, 9.17) is 4.74 Å². The zero-order valence-corrected chi connectivity index (χ0v) is 18.5. The highest BCUT2D eigenvalue weighted by Gasteiger charge is 2.25. The summed E-state index contributed by atoms with van der Waals surface area (Å²) in [6, 6.07) is 18.5. The molecule has 0 atom stereocenters. The summed E-state index contributed by atoms with van der Waals surface area (Å²) in [5.41, 5.74) is 0.661. The first kappa shape index (κ1) is 22.9. The molecule has 0 heterocycles. The molecule has 3 aromatic rings. The first-order valence-electron chi connectivity index (χ1n) is 9.55. The van der Waals surface area contributed by atoms with E-state index in [-0.39, 0.29) is 16.2 Å². The van der Waals surface area contributed by atoms with Crippen LogP contribution in [0.3, 0.4) is 0 Å². The Labute approximate surface area is 186 Å². The second kappa shape index (κ2) is 9.57. The predicted molar refractivity (Wildman–Crippen MR) is 121 cm³/mol. The lowest BCUT2D eigenvalue weighted by Gasteiger charge is -2.13. The van der Waals surface area contributed by atoms with E-state index in [1.165, 1.54) is 12.1 Å². The number of sulfonamides is 1. The molecule has 0 amide bonds. The Morgan fingerprint density at radius 3 is 2.19 bits per heavy atom. The molecule has 0 aliphatic heterocycles. The molecule has 3 rings (SSSR count). The molecule has 0 saturated heterocycles. The van der Waals surface area contributed by atoms with Crippen molar-refractivity contribution in [3.8, 4) is 0 Å². The summed E-state index contributed by atoms with van der Waals surface area (Å²) in [6.07, 6.45) is 0.872. The van der Waals surface area contributed by atoms with Crippen LogP contribution in [0, 0.1) is 6.92 Å². The lowest BCUT2D eigenvalue weighted by molar-refractivity contribution is -0.138. The molecule has 0 unspecified atom stereocenters. The first-order chi connectivity index (χ1) is 15.3. The highest BCUT2D eigenvalue weighted by molar-refractivity contribution is 7.90. The third kappa shape index (κ3) is 4.92. The maximum Gasteiger partial charge on any atom is 0.340 e. The molecular weight excluding hydrogens is 430 g/mol. The highest BCUT2D eigenvalue weighted by atomic mass is 32.2. The number of benzene rings is 3. The summed E-state index contributed by atoms with van der Waals surface area (Å²) in [5, 5.41) is 1.44. The Kier molecular flexibility index (Phi) is 6.85. The van der Waals surface area contributed by atoms with Crippen molar-refractivity contribution in [1.82, 2.24) is 0 Å². The third-order valence-electron chi connectivity index (χ3n) is 4.70. The van der Waals surface area contributed by atoms with E-state index in [9.17, 15) is 18.0 Å². The van der Waals surface area contributed by atoms with E-state index < -0.39 is 22.0 Å². The Morgan fingerprint density at radius 2 is 1.53 bits per heavy atom. The van der Waals surface area contributed by atoms with Crippen LogP contribution in [0.2, 0.25) is 0 Å². The fourth-order valence-electron chi connectivity index (χ4n) is 3.07. The largest absolute Gasteiger partial charge is 0.466 e. The minimum absolute atomic E-state index is 0.0527. The minimum atomic E-state index is -4.24. The summed E-state index contributed by atoms with van der Waals surface area (Å²) in [6.45, 7) is 1.83. The number of carbonyl (C=O) groups is 2. The van der Waals surface area contributed by atoms with Gasteiger partial charge in [0.05, 0.1) is 30.4 Å². The van der Waals surface area contributed by atoms with Crippen molar-refractivity contribution in [1.29, 1.82) is 0 Å². The highest BCUT2D eigenvalue weighted by Crippen LogP contribution is 2.25. The molecule has 0 aliphatic rings. The molecule has 8 heteroatoms. The third-order valence-corrected chi connectivity index (χ3v) is 5.99. The van der Waals surface area contributed by atoms with Crippen LogP contribution in [-0.4, -0.2) is 40.3 Å². The molecule has 0 N–H and O–H groups in total. The number of esters is 2. The van der Waals surface area contributed by atoms with Crippen molar-refractivity contribution in [2.75, 3.05) is 14.2 Å². The summed E-state index contributed by atoms with van der Waals surface area (Å²) < 4.78 is 39.8. The topological polar surface area (TPSA) is 99.1 Å². The van der Waals surface area contributed by atoms with Gasteiger partial charge in [-0.15, -0.1) is 0 Å². The number of ether oxygens (including phenoxy) is 2. The average molecular weight is 452 g/mol. The lowest BCUT2D eigenvalue weighted by atomic mass is 9.96. The first-order valence-corrected chi connectivity index (χ1v) is 11.0. The van der Waals surface area contributed by atoms with Crippen molar-refractivity contribution in [3.63, 3.8) is 0 Å². The van der Waals surface area contributed by atoms with E-state index in [0.29, 0.717) is 10.9 Å². The Bertz CT molecular complexity index is 1330. The summed E-state index contributed by atoms with van der Waals surface area (Å²) >= 11 is 0. The monoisotopic (exact) mass is 451 g/mol. The van der Waals surface area contributed by atoms with Gasteiger partial charge >= 0.3 is 11.9 Å². The predicted octanol–water partition coefficient (Wildman–Crippen LogP) is 3.60. The van der Waals surface area contributed by atoms with Crippen LogP contribution in [0.4, 0.5) is 0 Å². The van der Waals surface area contributed by atoms with Gasteiger partial charge in [0.25, 0.3) is 10.0 Å². The second-order valence-corrected chi connectivity index (χ2v) is 8.43. The molecule has 32 heavy (non-hydrogen) atoms. The number of nitrogens with zero attached hydrogens (tertiary/aromatic N) is 1. The maximum atomic E-state index is 13.2. The van der Waals surface area contributed by atoms with E-state index in [2.05, 4.69) is 9.13 Å². The van der Waals surface area contributed by atoms with Crippen LogP contribution in [0.5, 0.6) is 0 Å². The summed E-state index contributed by atoms with van der Waals surface area (Å²) in [4.78, 5) is 24.6. The van der Waals surface area contributed by atoms with Crippen LogP contribution in [-0.2, 0) is 29.1 Å². The van der Waals surface area contributed by atoms with Crippen molar-refractivity contribution in [2.24, 2.45) is 4.40 Å². The molecular formula is C24H21NO6S. The van der Waals surface area contributed by atoms with Gasteiger partial charge in [-0.1, -0.05) is 60.2 Å². The molecule has 0 fully saturated rings. The second-order valence-electron chi connectivity index (χ2n) is 6.83. The van der Waals surface area contributed by atoms with E-state index in [0.717, 1.165) is 31.2 Å². The van der Waals surface area contributed by atoms with E-state index >= 15 is 0 Å². The number of fused-ring (bicyclic) bond motifs is 1. The lowest BCUT2D eigenvalue weighted by Crippen LogP contribution is -2.20. The van der Waals surface area contributed by atoms with Crippen molar-refractivity contribution in [2.45, 2.75) is 11.8 Å². The summed E-state index contributed by atoms with van der Waals surface area (Å²) in [7, 11) is -1.96. The molecule has 0 saturated carbocycles. The molecule has 164 valence electrons. The van der Waals surface area contributed by atoms with Crippen molar-refractivity contribution >= 4 is 38.4 Å². The number of hydrogen-bond donors (Lipinski definition) is 0. The fraction of sp³-hybridized carbons (Fsp3) is 0.125. The minimum Gasteiger partial charge on any atom is -0.466 e. The van der Waals surface area contributed by atoms with Crippen LogP contribution in [0.25, 0.3) is 10.8 Å². The van der Waals surface area contributed by atoms with Gasteiger partial charge in [-0.3, -0.25) is 0 Å². The van der Waals surface area contributed by atoms with Crippen LogP contribution in [0.1, 0.15) is 11.1 Å². The number of hydrogen-bond acceptors (Lipinski definition) is 6. The normalized spacial score (nSPS) is 12.5. The Morgan fingerprint density at radius 1 is 0.875 bits per heavy atom. The van der Waals surface area contributed by atoms with Gasteiger partial charge in [0.15, 0.2) is 0 Å². The van der Waals surface area contributed by atoms with E-state index in [1.54, 1.807) is 36.4 Å². The molecule has 0 aliphatic carbocycles. The molecule has 0 radical (unpaired) electrons. The number of methoxy groups -OCH3 is 2. The zero-order chi connectivity index (χ0) is 23.3. The number of rotatable bonds is 6. The van der Waals surface area contributed by atoms with Gasteiger partial charge in [-0.25, -0.2) is 9.59 Å². The Balaban J connectivity index is 2.36. The number of carbonyl (C=O) groups excluding carboxylic acids is 2. The van der Waals surface area contributed by atoms with Gasteiger partial charge in [0.2, 0.25) is 0 Å². The fourth-order valence-corrected chi connectivity index (χ4v) is 4.09. The average Bonchev–Trinajstić information content (AvgIpc) is 2.80. The molecule has 0 bridgehead atoms. The van der Waals surface area contributed by atoms with Crippen molar-refractivity contribution in [3.05, 3.63) is 89.5 Å². The standard InChI is InChI=1S/C24H21NO6S/c1-16-11-13-18(14-12-16)32(28,29)25-23(21(24(27)31-3)15-22(26)30-2)20-10-6-8-17-7-4-5-9-19(17)20/h4-15H,1-3H3/b21-15+,25-23+. The van der Waals surface area contributed by atoms with Gasteiger partial charge in [-0.2, -0.15) is 12.8 Å². The maximum absolute atomic E-state index is 13.2. The molecule has 7 nitrogen and oxygen atoms in total. The van der Waals surface area contributed by atoms with Gasteiger partial charge < -0.3 is 9.47 Å². The van der Waals surface area contributed by atoms with Crippen molar-refractivity contribution < 1.29 is 27.5 Å². The van der Waals surface area contributed by atoms with Gasteiger partial charge in [0, 0.05) is 11.6 Å². The smallest absolute Gasteiger partial charge is 0.340 e. The zero-order valence-electron chi connectivity index (χ0n) is 17.7. The van der Waals surface area contributed by atoms with Gasteiger partial charge in [-0.05, 0) is 29.8 Å². The van der Waals surface area contributed by atoms with Gasteiger partial charge in [0.1, 0.15) is 0 Å². The van der Waals surface area contributed by atoms with E-state index in [1.807, 2.05) is 25.1 Å². The molecule has 3 aromatic carbocycles. The Hall–Kier alpha value is -3.78. The van der Waals surface area contributed by atoms with Crippen LogP contribution < -0.4 is 0 Å². The summed E-state index contributed by atoms with van der Waals surface area (Å²) in [5.74, 6) is -1.78. The van der Waals surface area contributed by atoms with Crippen LogP contribution >= 0.6 is 0 Å². The SMILES string of the molecule is COC(=O)/C=C(C(=O)OC)\C(=N\S(=O)(=O)c1ccc(C)cc1)c1cccc2ccccc12. The quantitative estimate of drug-likeness (QED) is 0.323. The van der Waals surface area contributed by atoms with Crippen LogP contribution in [0.15, 0.2) is 87.7 Å².